The van der Waals surface area contributed by atoms with Gasteiger partial charge in [-0.25, -0.2) is 8.78 Å². The smallest absolute Gasteiger partial charge is 0.227 e. The van der Waals surface area contributed by atoms with Crippen molar-refractivity contribution in [3.8, 4) is 0 Å². The third kappa shape index (κ3) is 3.64. The van der Waals surface area contributed by atoms with Gasteiger partial charge in [-0.1, -0.05) is 0 Å². The number of Topliss-reactive ketones (excluding diaryl/α,β-unsaturated/α-hetero) is 1. The lowest BCUT2D eigenvalue weighted by Crippen LogP contribution is -2.23. The van der Waals surface area contributed by atoms with E-state index >= 15 is 0 Å². The Morgan fingerprint density at radius 3 is 2.50 bits per heavy atom. The molecule has 124 valence electrons. The summed E-state index contributed by atoms with van der Waals surface area (Å²) in [6.07, 6.45) is 1.40. The second-order valence-electron chi connectivity index (χ2n) is 5.48. The number of amides is 1. The maximum atomic E-state index is 13.6. The van der Waals surface area contributed by atoms with E-state index in [9.17, 15) is 18.4 Å². The van der Waals surface area contributed by atoms with E-state index in [0.717, 1.165) is 36.0 Å². The second kappa shape index (κ2) is 7.13. The Kier molecular flexibility index (Phi) is 4.94. The molecular formula is C18H15F2NO2S. The zero-order chi connectivity index (χ0) is 17.1. The Morgan fingerprint density at radius 1 is 1.12 bits per heavy atom. The Hall–Kier alpha value is -2.21. The number of nitrogens with zero attached hydrogens (tertiary/aromatic N) is 1. The summed E-state index contributed by atoms with van der Waals surface area (Å²) in [6, 6.07) is 10.1. The van der Waals surface area contributed by atoms with E-state index in [1.165, 1.54) is 6.07 Å². The molecule has 1 aliphatic heterocycles. The largest absolute Gasteiger partial charge is 0.312 e. The zero-order valence-corrected chi connectivity index (χ0v) is 13.6. The van der Waals surface area contributed by atoms with Crippen LogP contribution in [-0.2, 0) is 4.79 Å². The third-order valence-corrected chi connectivity index (χ3v) is 4.88. The van der Waals surface area contributed by atoms with Crippen LogP contribution in [0.1, 0.15) is 23.2 Å². The van der Waals surface area contributed by atoms with Gasteiger partial charge in [0.2, 0.25) is 5.91 Å². The molecule has 3 nitrogen and oxygen atoms in total. The topological polar surface area (TPSA) is 37.4 Å². The summed E-state index contributed by atoms with van der Waals surface area (Å²) < 4.78 is 26.4. The molecule has 0 spiro atoms. The molecule has 0 aromatic heterocycles. The maximum absolute atomic E-state index is 13.6. The average molecular weight is 347 g/mol. The van der Waals surface area contributed by atoms with E-state index in [1.54, 1.807) is 29.2 Å². The lowest BCUT2D eigenvalue weighted by atomic mass is 10.1. The van der Waals surface area contributed by atoms with Gasteiger partial charge in [-0.15, -0.1) is 11.8 Å². The van der Waals surface area contributed by atoms with Gasteiger partial charge in [0.1, 0.15) is 11.6 Å². The van der Waals surface area contributed by atoms with E-state index in [1.807, 2.05) is 0 Å². The van der Waals surface area contributed by atoms with Gasteiger partial charge < -0.3 is 4.90 Å². The monoisotopic (exact) mass is 347 g/mol. The van der Waals surface area contributed by atoms with Crippen LogP contribution >= 0.6 is 11.8 Å². The maximum Gasteiger partial charge on any atom is 0.227 e. The summed E-state index contributed by atoms with van der Waals surface area (Å²) in [4.78, 5) is 25.8. The van der Waals surface area contributed by atoms with Crippen LogP contribution in [0.5, 0.6) is 0 Å². The molecule has 3 rings (SSSR count). The van der Waals surface area contributed by atoms with Crippen molar-refractivity contribution < 1.29 is 18.4 Å². The first-order chi connectivity index (χ1) is 11.5. The molecule has 1 aliphatic rings. The molecule has 2 aromatic rings. The summed E-state index contributed by atoms with van der Waals surface area (Å²) in [5, 5.41) is 0. The Morgan fingerprint density at radius 2 is 1.88 bits per heavy atom. The van der Waals surface area contributed by atoms with Crippen LogP contribution in [0, 0.1) is 11.6 Å². The molecule has 24 heavy (non-hydrogen) atoms. The molecule has 1 amide bonds. The van der Waals surface area contributed by atoms with E-state index in [2.05, 4.69) is 0 Å². The molecule has 0 N–H and O–H groups in total. The fourth-order valence-corrected chi connectivity index (χ4v) is 3.38. The first kappa shape index (κ1) is 16.6. The van der Waals surface area contributed by atoms with Crippen molar-refractivity contribution in [2.45, 2.75) is 17.7 Å². The number of carbonyl (C=O) groups is 2. The zero-order valence-electron chi connectivity index (χ0n) is 12.8. The molecule has 1 heterocycles. The molecule has 2 aromatic carbocycles. The van der Waals surface area contributed by atoms with Crippen LogP contribution in [0.15, 0.2) is 47.4 Å². The molecule has 0 bridgehead atoms. The van der Waals surface area contributed by atoms with Crippen LogP contribution in [0.3, 0.4) is 0 Å². The number of halogens is 2. The normalized spacial score (nSPS) is 14.2. The van der Waals surface area contributed by atoms with Gasteiger partial charge in [0.25, 0.3) is 0 Å². The highest BCUT2D eigenvalue weighted by Gasteiger charge is 2.21. The van der Waals surface area contributed by atoms with E-state index in [-0.39, 0.29) is 22.3 Å². The minimum absolute atomic E-state index is 0.0601. The van der Waals surface area contributed by atoms with Gasteiger partial charge in [0.15, 0.2) is 5.78 Å². The highest BCUT2D eigenvalue weighted by atomic mass is 32.2. The van der Waals surface area contributed by atoms with Gasteiger partial charge in [-0.05, 0) is 42.8 Å². The third-order valence-electron chi connectivity index (χ3n) is 3.83. The SMILES string of the molecule is O=C(CSc1ccc(F)cc1F)c1ccc(N2CCCC2=O)cc1. The highest BCUT2D eigenvalue weighted by Crippen LogP contribution is 2.25. The van der Waals surface area contributed by atoms with Crippen molar-refractivity contribution in [2.75, 3.05) is 17.2 Å². The number of ketones is 1. The predicted octanol–water partition coefficient (Wildman–Crippen LogP) is 4.07. The van der Waals surface area contributed by atoms with Gasteiger partial charge in [-0.3, -0.25) is 9.59 Å². The van der Waals surface area contributed by atoms with Crippen molar-refractivity contribution in [1.29, 1.82) is 0 Å². The van der Waals surface area contributed by atoms with Crippen molar-refractivity contribution in [3.05, 3.63) is 59.7 Å². The molecule has 0 saturated carbocycles. The molecule has 0 unspecified atom stereocenters. The summed E-state index contributed by atoms with van der Waals surface area (Å²) >= 11 is 1.03. The van der Waals surface area contributed by atoms with Crippen LogP contribution in [0.2, 0.25) is 0 Å². The summed E-state index contributed by atoms with van der Waals surface area (Å²) in [5.41, 5.74) is 1.28. The van der Waals surface area contributed by atoms with Crippen LogP contribution in [0.4, 0.5) is 14.5 Å². The van der Waals surface area contributed by atoms with Crippen molar-refractivity contribution >= 4 is 29.1 Å². The first-order valence-corrected chi connectivity index (χ1v) is 8.54. The number of rotatable bonds is 5. The summed E-state index contributed by atoms with van der Waals surface area (Å²) in [7, 11) is 0. The molecule has 0 atom stereocenters. The standard InChI is InChI=1S/C18H15F2NO2S/c19-13-5-8-17(15(20)10-13)24-11-16(22)12-3-6-14(7-4-12)21-9-1-2-18(21)23/h3-8,10H,1-2,9,11H2. The van der Waals surface area contributed by atoms with Crippen molar-refractivity contribution in [1.82, 2.24) is 0 Å². The molecule has 0 radical (unpaired) electrons. The lowest BCUT2D eigenvalue weighted by Gasteiger charge is -2.15. The van der Waals surface area contributed by atoms with Gasteiger partial charge in [0.05, 0.1) is 5.75 Å². The molecule has 6 heteroatoms. The molecule has 1 saturated heterocycles. The predicted molar refractivity (Wildman–Crippen MR) is 89.4 cm³/mol. The van der Waals surface area contributed by atoms with Crippen LogP contribution in [-0.4, -0.2) is 24.0 Å². The van der Waals surface area contributed by atoms with Crippen LogP contribution in [0.25, 0.3) is 0 Å². The Bertz CT molecular complexity index is 777. The van der Waals surface area contributed by atoms with E-state index < -0.39 is 11.6 Å². The lowest BCUT2D eigenvalue weighted by molar-refractivity contribution is -0.117. The second-order valence-corrected chi connectivity index (χ2v) is 6.50. The van der Waals surface area contributed by atoms with Gasteiger partial charge >= 0.3 is 0 Å². The molecule has 1 fully saturated rings. The molecule has 0 aliphatic carbocycles. The Balaban J connectivity index is 1.63. The molecular weight excluding hydrogens is 332 g/mol. The number of thioether (sulfide) groups is 1. The first-order valence-electron chi connectivity index (χ1n) is 7.56. The van der Waals surface area contributed by atoms with Crippen LogP contribution < -0.4 is 4.90 Å². The Labute approximate surface area is 142 Å². The quantitative estimate of drug-likeness (QED) is 0.604. The number of hydrogen-bond acceptors (Lipinski definition) is 3. The van der Waals surface area contributed by atoms with E-state index in [4.69, 9.17) is 0 Å². The minimum Gasteiger partial charge on any atom is -0.312 e. The summed E-state index contributed by atoms with van der Waals surface area (Å²) in [6.45, 7) is 0.700. The van der Waals surface area contributed by atoms with Crippen molar-refractivity contribution in [2.24, 2.45) is 0 Å². The summed E-state index contributed by atoms with van der Waals surface area (Å²) in [5.74, 6) is -1.31. The van der Waals surface area contributed by atoms with Gasteiger partial charge in [0, 0.05) is 35.2 Å². The number of hydrogen-bond donors (Lipinski definition) is 0. The van der Waals surface area contributed by atoms with Gasteiger partial charge in [-0.2, -0.15) is 0 Å². The fourth-order valence-electron chi connectivity index (χ4n) is 2.57. The van der Waals surface area contributed by atoms with Crippen molar-refractivity contribution in [3.63, 3.8) is 0 Å². The number of anilines is 1. The fraction of sp³-hybridized carbons (Fsp3) is 0.222. The number of benzene rings is 2. The average Bonchev–Trinajstić information content (AvgIpc) is 3.00. The number of carbonyl (C=O) groups excluding carboxylic acids is 2. The van der Waals surface area contributed by atoms with E-state index in [0.29, 0.717) is 18.5 Å². The minimum atomic E-state index is -0.671. The highest BCUT2D eigenvalue weighted by molar-refractivity contribution is 8.00.